The smallest absolute Gasteiger partial charge is 0.102 e. The summed E-state index contributed by atoms with van der Waals surface area (Å²) in [5, 5.41) is 24.9. The first kappa shape index (κ1) is 22.1. The highest BCUT2D eigenvalue weighted by molar-refractivity contribution is 5.23. The van der Waals surface area contributed by atoms with E-state index in [9.17, 15) is 5.11 Å². The van der Waals surface area contributed by atoms with Gasteiger partial charge in [0.25, 0.3) is 0 Å². The Balaban J connectivity index is 1.20. The van der Waals surface area contributed by atoms with Gasteiger partial charge in [0.05, 0.1) is 17.4 Å². The molecule has 4 nitrogen and oxygen atoms in total. The van der Waals surface area contributed by atoms with Crippen LogP contribution in [0.15, 0.2) is 12.4 Å². The molecule has 5 fully saturated rings. The predicted octanol–water partition coefficient (Wildman–Crippen LogP) is 6.05. The van der Waals surface area contributed by atoms with Crippen LogP contribution in [0.4, 0.5) is 0 Å². The van der Waals surface area contributed by atoms with E-state index in [2.05, 4.69) is 38.9 Å². The van der Waals surface area contributed by atoms with Crippen molar-refractivity contribution in [3.8, 4) is 6.07 Å². The average Bonchev–Trinajstić information content (AvgIpc) is 3.07. The zero-order valence-corrected chi connectivity index (χ0v) is 21.1. The zero-order valence-electron chi connectivity index (χ0n) is 21.1. The molecule has 1 heterocycles. The van der Waals surface area contributed by atoms with Crippen LogP contribution >= 0.6 is 0 Å². The number of hydrogen-bond donors (Lipinski definition) is 1. The maximum atomic E-state index is 11.3. The highest BCUT2D eigenvalue weighted by Crippen LogP contribution is 2.75. The Morgan fingerprint density at radius 2 is 1.85 bits per heavy atom. The predicted molar refractivity (Wildman–Crippen MR) is 129 cm³/mol. The molecule has 0 bridgehead atoms. The largest absolute Gasteiger partial charge is 0.389 e. The van der Waals surface area contributed by atoms with Gasteiger partial charge < -0.3 is 5.11 Å². The number of rotatable bonds is 4. The molecule has 0 amide bonds. The van der Waals surface area contributed by atoms with Crippen LogP contribution in [0.1, 0.15) is 91.0 Å². The first-order valence-corrected chi connectivity index (χ1v) is 13.9. The van der Waals surface area contributed by atoms with E-state index >= 15 is 0 Å². The Hall–Kier alpha value is -1.34. The van der Waals surface area contributed by atoms with Crippen molar-refractivity contribution in [1.29, 1.82) is 5.26 Å². The summed E-state index contributed by atoms with van der Waals surface area (Å²) >= 11 is 0. The summed E-state index contributed by atoms with van der Waals surface area (Å²) in [6.45, 7) is 10.9. The highest BCUT2D eigenvalue weighted by atomic mass is 16.3. The van der Waals surface area contributed by atoms with Gasteiger partial charge in [0.15, 0.2) is 0 Å². The van der Waals surface area contributed by atoms with Crippen LogP contribution in [0.3, 0.4) is 0 Å². The Bertz CT molecular complexity index is 964. The average molecular weight is 450 g/mol. The Kier molecular flexibility index (Phi) is 4.92. The van der Waals surface area contributed by atoms with Crippen LogP contribution in [-0.2, 0) is 6.54 Å². The van der Waals surface area contributed by atoms with Crippen LogP contribution in [0.25, 0.3) is 0 Å². The van der Waals surface area contributed by atoms with Gasteiger partial charge in [-0.3, -0.25) is 4.68 Å². The number of hydrogen-bond acceptors (Lipinski definition) is 3. The number of nitriles is 1. The normalized spacial score (nSPS) is 51.0. The summed E-state index contributed by atoms with van der Waals surface area (Å²) in [6.07, 6.45) is 15.4. The van der Waals surface area contributed by atoms with E-state index in [1.807, 2.05) is 10.9 Å². The topological polar surface area (TPSA) is 61.8 Å². The molecular formula is C29H43N3O. The van der Waals surface area contributed by atoms with Crippen molar-refractivity contribution in [2.24, 2.45) is 58.2 Å². The summed E-state index contributed by atoms with van der Waals surface area (Å²) < 4.78 is 2.00. The molecule has 0 aromatic carbocycles. The van der Waals surface area contributed by atoms with Crippen LogP contribution in [0, 0.1) is 69.5 Å². The van der Waals surface area contributed by atoms with E-state index in [-0.39, 0.29) is 5.60 Å². The van der Waals surface area contributed by atoms with Crippen molar-refractivity contribution in [2.75, 3.05) is 0 Å². The number of aliphatic hydroxyl groups is 1. The number of aromatic nitrogens is 2. The summed E-state index contributed by atoms with van der Waals surface area (Å²) in [6, 6.07) is 2.22. The fourth-order valence-corrected chi connectivity index (χ4v) is 11.0. The van der Waals surface area contributed by atoms with Crippen LogP contribution in [0.5, 0.6) is 0 Å². The summed E-state index contributed by atoms with van der Waals surface area (Å²) in [7, 11) is 0. The third-order valence-electron chi connectivity index (χ3n) is 12.4. The molecule has 0 spiro atoms. The van der Waals surface area contributed by atoms with Crippen LogP contribution in [0.2, 0.25) is 0 Å². The van der Waals surface area contributed by atoms with Crippen molar-refractivity contribution in [2.45, 2.75) is 97.6 Å². The molecule has 0 saturated heterocycles. The summed E-state index contributed by atoms with van der Waals surface area (Å²) in [4.78, 5) is 0. The molecule has 5 saturated carbocycles. The SMILES string of the molecule is CCC1C2[C@H]3CC[C@@H]4[C@H](CC[C@]5(C)[C@@H]([C@@H](C)Cn6cc(C#N)cn6)CC[C@@H]45)[C@@]3(C)CC[C@]12O. The fraction of sp³-hybridized carbons (Fsp3) is 0.862. The molecule has 0 aliphatic heterocycles. The Morgan fingerprint density at radius 1 is 1.09 bits per heavy atom. The molecule has 0 radical (unpaired) electrons. The van der Waals surface area contributed by atoms with Gasteiger partial charge in [-0.15, -0.1) is 0 Å². The second-order valence-electron chi connectivity index (χ2n) is 13.4. The second-order valence-corrected chi connectivity index (χ2v) is 13.4. The summed E-state index contributed by atoms with van der Waals surface area (Å²) in [5.74, 6) is 5.92. The number of fused-ring (bicyclic) bond motifs is 7. The van der Waals surface area contributed by atoms with Gasteiger partial charge in [0, 0.05) is 12.7 Å². The lowest BCUT2D eigenvalue weighted by Gasteiger charge is -2.61. The van der Waals surface area contributed by atoms with E-state index in [0.29, 0.717) is 34.1 Å². The van der Waals surface area contributed by atoms with E-state index in [0.717, 1.165) is 49.0 Å². The third kappa shape index (κ3) is 2.93. The van der Waals surface area contributed by atoms with E-state index in [4.69, 9.17) is 5.26 Å². The number of nitrogens with zero attached hydrogens (tertiary/aromatic N) is 3. The molecule has 1 aromatic heterocycles. The van der Waals surface area contributed by atoms with Crippen molar-refractivity contribution in [1.82, 2.24) is 9.78 Å². The van der Waals surface area contributed by atoms with Crippen molar-refractivity contribution in [3.63, 3.8) is 0 Å². The second kappa shape index (κ2) is 7.33. The third-order valence-corrected chi connectivity index (χ3v) is 12.4. The highest BCUT2D eigenvalue weighted by Gasteiger charge is 2.73. The molecule has 1 N–H and O–H groups in total. The molecule has 11 atom stereocenters. The molecule has 2 unspecified atom stereocenters. The molecule has 4 heteroatoms. The standard InChI is InChI=1S/C29H43N3O/c1-5-21-26-25-7-6-20-23-9-8-22(18(2)16-32-17-19(14-30)15-31-32)27(23,3)11-10-24(20)28(25,4)12-13-29(21,26)33/h15,17-18,20-26,33H,5-13,16H2,1-4H3/t18-,20-,21?,22+,23-,24-,25+,26?,27+,28+,29-/m0/s1. The van der Waals surface area contributed by atoms with Crippen LogP contribution < -0.4 is 0 Å². The molecule has 33 heavy (non-hydrogen) atoms. The van der Waals surface area contributed by atoms with Crippen molar-refractivity contribution in [3.05, 3.63) is 18.0 Å². The van der Waals surface area contributed by atoms with Crippen molar-refractivity contribution >= 4 is 0 Å². The minimum atomic E-state index is -0.305. The monoisotopic (exact) mass is 449 g/mol. The molecular weight excluding hydrogens is 406 g/mol. The quantitative estimate of drug-likeness (QED) is 0.609. The first-order valence-electron chi connectivity index (χ1n) is 13.9. The van der Waals surface area contributed by atoms with Crippen molar-refractivity contribution < 1.29 is 5.11 Å². The fourth-order valence-electron chi connectivity index (χ4n) is 11.0. The minimum absolute atomic E-state index is 0.305. The maximum absolute atomic E-state index is 11.3. The molecule has 180 valence electrons. The van der Waals surface area contributed by atoms with Gasteiger partial charge in [-0.05, 0) is 110 Å². The van der Waals surface area contributed by atoms with E-state index in [1.165, 1.54) is 44.9 Å². The first-order chi connectivity index (χ1) is 15.8. The van der Waals surface area contributed by atoms with Gasteiger partial charge in [0.1, 0.15) is 6.07 Å². The zero-order chi connectivity index (χ0) is 23.2. The molecule has 6 rings (SSSR count). The maximum Gasteiger partial charge on any atom is 0.102 e. The Morgan fingerprint density at radius 3 is 2.58 bits per heavy atom. The van der Waals surface area contributed by atoms with Gasteiger partial charge >= 0.3 is 0 Å². The summed E-state index contributed by atoms with van der Waals surface area (Å²) in [5.41, 5.74) is 1.28. The van der Waals surface area contributed by atoms with Crippen LogP contribution in [-0.4, -0.2) is 20.5 Å². The van der Waals surface area contributed by atoms with E-state index < -0.39 is 0 Å². The lowest BCUT2D eigenvalue weighted by atomic mass is 9.44. The lowest BCUT2D eigenvalue weighted by molar-refractivity contribution is -0.131. The van der Waals surface area contributed by atoms with Gasteiger partial charge in [-0.1, -0.05) is 34.1 Å². The Labute approximate surface area is 200 Å². The lowest BCUT2D eigenvalue weighted by Crippen LogP contribution is -2.54. The van der Waals surface area contributed by atoms with Gasteiger partial charge in [0.2, 0.25) is 0 Å². The minimum Gasteiger partial charge on any atom is -0.389 e. The molecule has 5 aliphatic carbocycles. The van der Waals surface area contributed by atoms with Gasteiger partial charge in [-0.2, -0.15) is 10.4 Å². The molecule has 5 aliphatic rings. The van der Waals surface area contributed by atoms with Gasteiger partial charge in [-0.25, -0.2) is 0 Å². The van der Waals surface area contributed by atoms with E-state index in [1.54, 1.807) is 6.20 Å². The molecule has 1 aromatic rings.